The van der Waals surface area contributed by atoms with Crippen LogP contribution in [0.3, 0.4) is 0 Å². The molecule has 2 heterocycles. The maximum atomic E-state index is 5.82. The second kappa shape index (κ2) is 4.80. The molecule has 0 aliphatic carbocycles. The van der Waals surface area contributed by atoms with E-state index in [1.54, 1.807) is 0 Å². The maximum absolute atomic E-state index is 5.82. The first-order chi connectivity index (χ1) is 8.84. The monoisotopic (exact) mass is 242 g/mol. The van der Waals surface area contributed by atoms with E-state index in [0.717, 1.165) is 29.8 Å². The molecule has 1 aromatic carbocycles. The number of anilines is 2. The van der Waals surface area contributed by atoms with Crippen LogP contribution < -0.4 is 10.6 Å². The van der Waals surface area contributed by atoms with Gasteiger partial charge in [0, 0.05) is 18.5 Å². The first-order valence-corrected chi connectivity index (χ1v) is 6.62. The summed E-state index contributed by atoms with van der Waals surface area (Å²) in [4.78, 5) is 11.1. The second-order valence-electron chi connectivity index (χ2n) is 4.82. The molecule has 4 nitrogen and oxygen atoms in total. The summed E-state index contributed by atoms with van der Waals surface area (Å²) in [5, 5.41) is 1.11. The van der Waals surface area contributed by atoms with Crippen molar-refractivity contribution in [1.29, 1.82) is 0 Å². The maximum Gasteiger partial charge on any atom is 0.222 e. The molecular weight excluding hydrogens is 224 g/mol. The largest absolute Gasteiger partial charge is 0.368 e. The van der Waals surface area contributed by atoms with Gasteiger partial charge < -0.3 is 10.6 Å². The summed E-state index contributed by atoms with van der Waals surface area (Å²) in [6, 6.07) is 8.09. The van der Waals surface area contributed by atoms with E-state index in [-0.39, 0.29) is 0 Å². The van der Waals surface area contributed by atoms with E-state index >= 15 is 0 Å². The third-order valence-corrected chi connectivity index (χ3v) is 3.51. The fraction of sp³-hybridized carbons (Fsp3) is 0.429. The molecule has 1 aliphatic heterocycles. The summed E-state index contributed by atoms with van der Waals surface area (Å²) in [5.74, 6) is 1.37. The number of para-hydroxylation sites is 1. The Balaban J connectivity index is 2.08. The van der Waals surface area contributed by atoms with Crippen molar-refractivity contribution in [2.24, 2.45) is 0 Å². The molecule has 0 saturated carbocycles. The van der Waals surface area contributed by atoms with Gasteiger partial charge in [0.05, 0.1) is 5.52 Å². The van der Waals surface area contributed by atoms with Gasteiger partial charge in [0.2, 0.25) is 5.95 Å². The molecule has 4 heteroatoms. The highest BCUT2D eigenvalue weighted by molar-refractivity contribution is 5.90. The summed E-state index contributed by atoms with van der Waals surface area (Å²) in [6.45, 7) is 2.14. The van der Waals surface area contributed by atoms with E-state index in [0.29, 0.717) is 5.95 Å². The SMILES string of the molecule is Nc1nc(N2CCCCCC2)c2ccccc2n1. The minimum Gasteiger partial charge on any atom is -0.368 e. The Morgan fingerprint density at radius 3 is 2.44 bits per heavy atom. The van der Waals surface area contributed by atoms with Crippen molar-refractivity contribution in [1.82, 2.24) is 9.97 Å². The average molecular weight is 242 g/mol. The van der Waals surface area contributed by atoms with Crippen LogP contribution in [-0.4, -0.2) is 23.1 Å². The number of nitrogens with two attached hydrogens (primary N) is 1. The number of fused-ring (bicyclic) bond motifs is 1. The molecular formula is C14H18N4. The molecule has 0 spiro atoms. The second-order valence-corrected chi connectivity index (χ2v) is 4.82. The van der Waals surface area contributed by atoms with Gasteiger partial charge in [-0.2, -0.15) is 4.98 Å². The molecule has 1 aromatic heterocycles. The predicted molar refractivity (Wildman–Crippen MR) is 74.6 cm³/mol. The molecule has 1 fully saturated rings. The number of nitrogens with zero attached hydrogens (tertiary/aromatic N) is 3. The van der Waals surface area contributed by atoms with Crippen molar-refractivity contribution in [2.45, 2.75) is 25.7 Å². The molecule has 3 rings (SSSR count). The zero-order chi connectivity index (χ0) is 12.4. The Morgan fingerprint density at radius 1 is 0.944 bits per heavy atom. The zero-order valence-corrected chi connectivity index (χ0v) is 10.5. The fourth-order valence-corrected chi connectivity index (χ4v) is 2.60. The summed E-state index contributed by atoms with van der Waals surface area (Å²) in [6.07, 6.45) is 5.10. The minimum atomic E-state index is 0.368. The number of rotatable bonds is 1. The van der Waals surface area contributed by atoms with Crippen LogP contribution in [0.15, 0.2) is 24.3 Å². The third-order valence-electron chi connectivity index (χ3n) is 3.51. The molecule has 18 heavy (non-hydrogen) atoms. The summed E-state index contributed by atoms with van der Waals surface area (Å²) < 4.78 is 0. The Labute approximate surface area is 107 Å². The van der Waals surface area contributed by atoms with E-state index < -0.39 is 0 Å². The van der Waals surface area contributed by atoms with Gasteiger partial charge in [0.1, 0.15) is 5.82 Å². The molecule has 2 N–H and O–H groups in total. The number of benzene rings is 1. The van der Waals surface area contributed by atoms with Gasteiger partial charge in [-0.15, -0.1) is 0 Å². The number of nitrogen functional groups attached to an aromatic ring is 1. The van der Waals surface area contributed by atoms with Crippen LogP contribution in [0, 0.1) is 0 Å². The average Bonchev–Trinajstić information content (AvgIpc) is 2.66. The van der Waals surface area contributed by atoms with E-state index in [2.05, 4.69) is 20.9 Å². The normalized spacial score (nSPS) is 16.8. The summed E-state index contributed by atoms with van der Waals surface area (Å²) in [5.41, 5.74) is 6.76. The van der Waals surface area contributed by atoms with Crippen LogP contribution in [0.2, 0.25) is 0 Å². The lowest BCUT2D eigenvalue weighted by Gasteiger charge is -2.22. The molecule has 1 aliphatic rings. The van der Waals surface area contributed by atoms with E-state index in [9.17, 15) is 0 Å². The fourth-order valence-electron chi connectivity index (χ4n) is 2.60. The van der Waals surface area contributed by atoms with Crippen molar-refractivity contribution < 1.29 is 0 Å². The minimum absolute atomic E-state index is 0.368. The van der Waals surface area contributed by atoms with Crippen LogP contribution in [0.4, 0.5) is 11.8 Å². The Kier molecular flexibility index (Phi) is 3.00. The molecule has 2 aromatic rings. The van der Waals surface area contributed by atoms with Crippen molar-refractivity contribution in [3.63, 3.8) is 0 Å². The quantitative estimate of drug-likeness (QED) is 0.835. The predicted octanol–water partition coefficient (Wildman–Crippen LogP) is 2.59. The number of hydrogen-bond acceptors (Lipinski definition) is 4. The van der Waals surface area contributed by atoms with Crippen LogP contribution in [0.1, 0.15) is 25.7 Å². The van der Waals surface area contributed by atoms with Gasteiger partial charge in [-0.3, -0.25) is 0 Å². The van der Waals surface area contributed by atoms with Gasteiger partial charge in [-0.25, -0.2) is 4.98 Å². The zero-order valence-electron chi connectivity index (χ0n) is 10.5. The van der Waals surface area contributed by atoms with Crippen molar-refractivity contribution in [2.75, 3.05) is 23.7 Å². The highest BCUT2D eigenvalue weighted by Crippen LogP contribution is 2.26. The Hall–Kier alpha value is -1.84. The lowest BCUT2D eigenvalue weighted by molar-refractivity contribution is 0.726. The van der Waals surface area contributed by atoms with Gasteiger partial charge in [0.25, 0.3) is 0 Å². The molecule has 0 unspecified atom stereocenters. The Morgan fingerprint density at radius 2 is 1.67 bits per heavy atom. The summed E-state index contributed by atoms with van der Waals surface area (Å²) >= 11 is 0. The molecule has 0 bridgehead atoms. The van der Waals surface area contributed by atoms with E-state index in [1.807, 2.05) is 18.2 Å². The highest BCUT2D eigenvalue weighted by atomic mass is 15.2. The van der Waals surface area contributed by atoms with Crippen molar-refractivity contribution in [3.8, 4) is 0 Å². The molecule has 0 radical (unpaired) electrons. The van der Waals surface area contributed by atoms with Crippen molar-refractivity contribution in [3.05, 3.63) is 24.3 Å². The van der Waals surface area contributed by atoms with Gasteiger partial charge in [-0.1, -0.05) is 25.0 Å². The van der Waals surface area contributed by atoms with Crippen molar-refractivity contribution >= 4 is 22.7 Å². The number of aromatic nitrogens is 2. The van der Waals surface area contributed by atoms with E-state index in [4.69, 9.17) is 5.73 Å². The van der Waals surface area contributed by atoms with Crippen LogP contribution in [0.5, 0.6) is 0 Å². The lowest BCUT2D eigenvalue weighted by Crippen LogP contribution is -2.25. The van der Waals surface area contributed by atoms with E-state index in [1.165, 1.54) is 25.7 Å². The van der Waals surface area contributed by atoms with Crippen LogP contribution in [-0.2, 0) is 0 Å². The molecule has 1 saturated heterocycles. The van der Waals surface area contributed by atoms with Crippen LogP contribution in [0.25, 0.3) is 10.9 Å². The highest BCUT2D eigenvalue weighted by Gasteiger charge is 2.15. The topological polar surface area (TPSA) is 55.0 Å². The third kappa shape index (κ3) is 2.10. The van der Waals surface area contributed by atoms with Crippen LogP contribution >= 0.6 is 0 Å². The first kappa shape index (κ1) is 11.3. The smallest absolute Gasteiger partial charge is 0.222 e. The van der Waals surface area contributed by atoms with Gasteiger partial charge >= 0.3 is 0 Å². The first-order valence-electron chi connectivity index (χ1n) is 6.62. The molecule has 0 amide bonds. The summed E-state index contributed by atoms with van der Waals surface area (Å²) in [7, 11) is 0. The molecule has 0 atom stereocenters. The standard InChI is InChI=1S/C14H18N4/c15-14-16-12-8-4-3-7-11(12)13(17-14)18-9-5-1-2-6-10-18/h3-4,7-8H,1-2,5-6,9-10H2,(H2,15,16,17). The molecule has 94 valence electrons. The number of hydrogen-bond donors (Lipinski definition) is 1. The van der Waals surface area contributed by atoms with Gasteiger partial charge in [0.15, 0.2) is 0 Å². The lowest BCUT2D eigenvalue weighted by atomic mass is 10.2. The Bertz CT molecular complexity index is 544. The van der Waals surface area contributed by atoms with Gasteiger partial charge in [-0.05, 0) is 25.0 Å².